The normalized spacial score (nSPS) is 27.8. The van der Waals surface area contributed by atoms with Crippen LogP contribution in [-0.4, -0.2) is 36.7 Å². The third-order valence-electron chi connectivity index (χ3n) is 8.00. The number of benzene rings is 2. The summed E-state index contributed by atoms with van der Waals surface area (Å²) in [6.07, 6.45) is 1.71. The first-order chi connectivity index (χ1) is 16.4. The summed E-state index contributed by atoms with van der Waals surface area (Å²) in [6.45, 7) is 10.6. The summed E-state index contributed by atoms with van der Waals surface area (Å²) >= 11 is 0. The van der Waals surface area contributed by atoms with Crippen molar-refractivity contribution in [3.05, 3.63) is 77.1 Å². The highest BCUT2D eigenvalue weighted by molar-refractivity contribution is 7.89. The summed E-state index contributed by atoms with van der Waals surface area (Å²) in [4.78, 5) is 13.8. The second-order valence-electron chi connectivity index (χ2n) is 11.8. The Hall–Kier alpha value is -2.44. The summed E-state index contributed by atoms with van der Waals surface area (Å²) < 4.78 is 36.2. The Labute approximate surface area is 209 Å². The van der Waals surface area contributed by atoms with Gasteiger partial charge in [0.25, 0.3) is 0 Å². The molecular formula is C29H35NO4S. The summed E-state index contributed by atoms with van der Waals surface area (Å²) in [7, 11) is -3.77. The molecule has 0 aromatic heterocycles. The number of hydrogen-bond acceptors (Lipinski definition) is 4. The van der Waals surface area contributed by atoms with Crippen LogP contribution >= 0.6 is 0 Å². The molecule has 0 radical (unpaired) electrons. The van der Waals surface area contributed by atoms with E-state index in [1.165, 1.54) is 0 Å². The van der Waals surface area contributed by atoms with Gasteiger partial charge in [-0.15, -0.1) is 0 Å². The summed E-state index contributed by atoms with van der Waals surface area (Å²) in [6, 6.07) is 16.7. The van der Waals surface area contributed by atoms with E-state index in [0.717, 1.165) is 22.5 Å². The van der Waals surface area contributed by atoms with E-state index in [9.17, 15) is 13.2 Å². The van der Waals surface area contributed by atoms with Gasteiger partial charge in [-0.25, -0.2) is 8.42 Å². The number of fused-ring (bicyclic) bond motifs is 2. The number of rotatable bonds is 4. The average molecular weight is 494 g/mol. The fourth-order valence-electron chi connectivity index (χ4n) is 6.28. The average Bonchev–Trinajstić information content (AvgIpc) is 3.14. The predicted molar refractivity (Wildman–Crippen MR) is 136 cm³/mol. The lowest BCUT2D eigenvalue weighted by Crippen LogP contribution is -2.48. The molecule has 5 nitrogen and oxygen atoms in total. The molecule has 2 aliphatic heterocycles. The first kappa shape index (κ1) is 24.3. The number of carbonyl (C=O) groups is 1. The van der Waals surface area contributed by atoms with Gasteiger partial charge >= 0.3 is 0 Å². The fourth-order valence-corrected chi connectivity index (χ4v) is 7.95. The molecule has 2 heterocycles. The van der Waals surface area contributed by atoms with Gasteiger partial charge in [0, 0.05) is 42.8 Å². The molecule has 0 bridgehead atoms. The van der Waals surface area contributed by atoms with Crippen molar-refractivity contribution >= 4 is 15.8 Å². The van der Waals surface area contributed by atoms with E-state index in [0.29, 0.717) is 30.7 Å². The number of ether oxygens (including phenoxy) is 1. The van der Waals surface area contributed by atoms with Crippen LogP contribution in [0.4, 0.5) is 0 Å². The Morgan fingerprint density at radius 3 is 2.29 bits per heavy atom. The minimum Gasteiger partial charge on any atom is -0.491 e. The van der Waals surface area contributed by atoms with E-state index in [-0.39, 0.29) is 29.1 Å². The van der Waals surface area contributed by atoms with Crippen molar-refractivity contribution < 1.29 is 17.9 Å². The van der Waals surface area contributed by atoms with Crippen LogP contribution in [0.5, 0.6) is 0 Å². The SMILES string of the molecule is Cc1ccc(S(=O)(=O)N2C[C@H]3[C@H](C4=C(CC(C)(C)CC4=O)OC3(C)C)[C@H]2Cc2ccccc2)cc1. The molecular weight excluding hydrogens is 458 g/mol. The lowest BCUT2D eigenvalue weighted by Gasteiger charge is -2.47. The molecule has 2 aromatic carbocycles. The van der Waals surface area contributed by atoms with E-state index >= 15 is 0 Å². The van der Waals surface area contributed by atoms with Crippen LogP contribution < -0.4 is 0 Å². The maximum absolute atomic E-state index is 14.0. The highest BCUT2D eigenvalue weighted by Crippen LogP contribution is 2.54. The lowest BCUT2D eigenvalue weighted by atomic mass is 9.65. The van der Waals surface area contributed by atoms with Crippen LogP contribution in [0.2, 0.25) is 0 Å². The smallest absolute Gasteiger partial charge is 0.243 e. The molecule has 35 heavy (non-hydrogen) atoms. The van der Waals surface area contributed by atoms with Crippen molar-refractivity contribution in [3.8, 4) is 0 Å². The second kappa shape index (κ2) is 8.31. The maximum atomic E-state index is 14.0. The Balaban J connectivity index is 1.65. The van der Waals surface area contributed by atoms with Crippen LogP contribution in [-0.2, 0) is 26.0 Å². The summed E-state index contributed by atoms with van der Waals surface area (Å²) in [5.41, 5.74) is 2.07. The minimum atomic E-state index is -3.77. The van der Waals surface area contributed by atoms with Crippen LogP contribution in [0.3, 0.4) is 0 Å². The van der Waals surface area contributed by atoms with Crippen molar-refractivity contribution in [2.24, 2.45) is 17.3 Å². The number of allylic oxidation sites excluding steroid dienone is 1. The van der Waals surface area contributed by atoms with Gasteiger partial charge in [-0.1, -0.05) is 61.9 Å². The standard InChI is InChI=1S/C29H35NO4S/c1-19-11-13-21(14-12-19)35(32,33)30-18-22-26(23(30)15-20-9-7-6-8-10-20)27-24(31)16-28(2,3)17-25(27)34-29(22,4)5/h6-14,22-23,26H,15-18H2,1-5H3/t22-,23+,26-/m0/s1. The molecule has 5 rings (SSSR count). The zero-order valence-corrected chi connectivity index (χ0v) is 22.1. The van der Waals surface area contributed by atoms with Gasteiger partial charge in [-0.2, -0.15) is 4.31 Å². The zero-order valence-electron chi connectivity index (χ0n) is 21.2. The Bertz CT molecular complexity index is 1280. The molecule has 6 heteroatoms. The van der Waals surface area contributed by atoms with Gasteiger partial charge in [-0.3, -0.25) is 4.79 Å². The van der Waals surface area contributed by atoms with Crippen molar-refractivity contribution in [1.29, 1.82) is 0 Å². The van der Waals surface area contributed by atoms with E-state index < -0.39 is 15.6 Å². The predicted octanol–water partition coefficient (Wildman–Crippen LogP) is 5.30. The van der Waals surface area contributed by atoms with E-state index in [1.54, 1.807) is 16.4 Å². The largest absolute Gasteiger partial charge is 0.491 e. The third-order valence-corrected chi connectivity index (χ3v) is 9.91. The van der Waals surface area contributed by atoms with Crippen LogP contribution in [0.15, 0.2) is 70.8 Å². The van der Waals surface area contributed by atoms with Crippen molar-refractivity contribution in [3.63, 3.8) is 0 Å². The molecule has 0 N–H and O–H groups in total. The monoisotopic (exact) mass is 493 g/mol. The maximum Gasteiger partial charge on any atom is 0.243 e. The fraction of sp³-hybridized carbons (Fsp3) is 0.483. The Kier molecular flexibility index (Phi) is 5.76. The van der Waals surface area contributed by atoms with Crippen molar-refractivity contribution in [1.82, 2.24) is 4.31 Å². The molecule has 2 aromatic rings. The molecule has 186 valence electrons. The molecule has 1 aliphatic carbocycles. The number of hydrogen-bond donors (Lipinski definition) is 0. The zero-order chi connectivity index (χ0) is 25.2. The number of ketones is 1. The first-order valence-corrected chi connectivity index (χ1v) is 13.9. The number of carbonyl (C=O) groups excluding carboxylic acids is 1. The van der Waals surface area contributed by atoms with Crippen LogP contribution in [0.25, 0.3) is 0 Å². The van der Waals surface area contributed by atoms with Gasteiger partial charge in [0.05, 0.1) is 4.90 Å². The van der Waals surface area contributed by atoms with Gasteiger partial charge in [0.1, 0.15) is 11.4 Å². The summed E-state index contributed by atoms with van der Waals surface area (Å²) in [5.74, 6) is 0.567. The molecule has 1 fully saturated rings. The summed E-state index contributed by atoms with van der Waals surface area (Å²) in [5, 5.41) is 0. The first-order valence-electron chi connectivity index (χ1n) is 12.5. The molecule has 3 atom stereocenters. The molecule has 3 aliphatic rings. The van der Waals surface area contributed by atoms with Gasteiger partial charge < -0.3 is 4.74 Å². The van der Waals surface area contributed by atoms with Gasteiger partial charge in [0.15, 0.2) is 5.78 Å². The molecule has 0 unspecified atom stereocenters. The topological polar surface area (TPSA) is 63.7 Å². The highest BCUT2D eigenvalue weighted by Gasteiger charge is 2.59. The van der Waals surface area contributed by atoms with Crippen LogP contribution in [0.1, 0.15) is 51.7 Å². The highest BCUT2D eigenvalue weighted by atomic mass is 32.2. The number of Topliss-reactive ketones (excluding diaryl/α,β-unsaturated/α-hetero) is 1. The van der Waals surface area contributed by atoms with Crippen LogP contribution in [0, 0.1) is 24.2 Å². The Morgan fingerprint density at radius 1 is 0.971 bits per heavy atom. The van der Waals surface area contributed by atoms with Crippen molar-refractivity contribution in [2.45, 2.75) is 70.4 Å². The van der Waals surface area contributed by atoms with E-state index in [4.69, 9.17) is 4.74 Å². The number of nitrogens with zero attached hydrogens (tertiary/aromatic N) is 1. The minimum absolute atomic E-state index is 0.106. The van der Waals surface area contributed by atoms with Gasteiger partial charge in [0.2, 0.25) is 10.0 Å². The molecule has 0 saturated carbocycles. The molecule has 0 spiro atoms. The second-order valence-corrected chi connectivity index (χ2v) is 13.7. The number of aryl methyl sites for hydroxylation is 1. The molecule has 1 saturated heterocycles. The van der Waals surface area contributed by atoms with E-state index in [2.05, 4.69) is 13.8 Å². The van der Waals surface area contributed by atoms with E-state index in [1.807, 2.05) is 63.2 Å². The lowest BCUT2D eigenvalue weighted by molar-refractivity contribution is -0.124. The molecule has 0 amide bonds. The number of sulfonamides is 1. The van der Waals surface area contributed by atoms with Crippen molar-refractivity contribution in [2.75, 3.05) is 6.54 Å². The third kappa shape index (κ3) is 4.25. The Morgan fingerprint density at radius 2 is 1.63 bits per heavy atom. The van der Waals surface area contributed by atoms with Gasteiger partial charge in [-0.05, 0) is 50.3 Å². The quantitative estimate of drug-likeness (QED) is 0.580.